The Hall–Kier alpha value is -2.04. The van der Waals surface area contributed by atoms with Crippen LogP contribution in [0.3, 0.4) is 0 Å². The first-order chi connectivity index (χ1) is 8.61. The van der Waals surface area contributed by atoms with Crippen LogP contribution in [-0.2, 0) is 20.7 Å². The number of hydrogen-bond donors (Lipinski definition) is 0. The van der Waals surface area contributed by atoms with Crippen LogP contribution in [-0.4, -0.2) is 32.6 Å². The standard InChI is InChI=1S/C13H15NO4/c1-14-10-5-3-9(4-6-13(16)17-2)7-11(10)18-8-12(14)15/h3,5,7H,4,6,8H2,1-2H3. The summed E-state index contributed by atoms with van der Waals surface area (Å²) in [5.41, 5.74) is 1.75. The van der Waals surface area contributed by atoms with Gasteiger partial charge in [-0.2, -0.15) is 0 Å². The summed E-state index contributed by atoms with van der Waals surface area (Å²) >= 11 is 0. The molecule has 1 amide bonds. The fraction of sp³-hybridized carbons (Fsp3) is 0.385. The highest BCUT2D eigenvalue weighted by atomic mass is 16.5. The predicted octanol–water partition coefficient (Wildman–Crippen LogP) is 1.15. The normalized spacial score (nSPS) is 13.9. The number of benzene rings is 1. The van der Waals surface area contributed by atoms with Crippen LogP contribution in [0.2, 0.25) is 0 Å². The molecule has 0 unspecified atom stereocenters. The SMILES string of the molecule is COC(=O)CCc1ccc2c(c1)OCC(=O)N2C. The minimum Gasteiger partial charge on any atom is -0.482 e. The van der Waals surface area contributed by atoms with Gasteiger partial charge in [0.15, 0.2) is 6.61 Å². The summed E-state index contributed by atoms with van der Waals surface area (Å²) in [7, 11) is 3.09. The second-order valence-corrected chi connectivity index (χ2v) is 4.12. The number of nitrogens with zero attached hydrogens (tertiary/aromatic N) is 1. The van der Waals surface area contributed by atoms with Gasteiger partial charge in [-0.15, -0.1) is 0 Å². The Bertz CT molecular complexity index is 484. The highest BCUT2D eigenvalue weighted by molar-refractivity contribution is 5.97. The van der Waals surface area contributed by atoms with E-state index in [2.05, 4.69) is 4.74 Å². The highest BCUT2D eigenvalue weighted by Crippen LogP contribution is 2.32. The van der Waals surface area contributed by atoms with Gasteiger partial charge in [0.2, 0.25) is 0 Å². The third-order valence-electron chi connectivity index (χ3n) is 2.96. The number of carbonyl (C=O) groups is 2. The third-order valence-corrected chi connectivity index (χ3v) is 2.96. The number of rotatable bonds is 3. The number of amides is 1. The molecular weight excluding hydrogens is 234 g/mol. The maximum absolute atomic E-state index is 11.4. The molecule has 1 aromatic carbocycles. The summed E-state index contributed by atoms with van der Waals surface area (Å²) in [5.74, 6) is 0.380. The molecule has 1 aliphatic rings. The van der Waals surface area contributed by atoms with Gasteiger partial charge in [0, 0.05) is 13.5 Å². The van der Waals surface area contributed by atoms with Crippen molar-refractivity contribution in [1.82, 2.24) is 0 Å². The fourth-order valence-corrected chi connectivity index (χ4v) is 1.83. The quantitative estimate of drug-likeness (QED) is 0.754. The summed E-state index contributed by atoms with van der Waals surface area (Å²) in [4.78, 5) is 24.1. The average Bonchev–Trinajstić information content (AvgIpc) is 2.40. The Labute approximate surface area is 105 Å². The van der Waals surface area contributed by atoms with Crippen molar-refractivity contribution >= 4 is 17.6 Å². The first kappa shape index (κ1) is 12.4. The number of ether oxygens (including phenoxy) is 2. The first-order valence-electron chi connectivity index (χ1n) is 5.71. The monoisotopic (exact) mass is 249 g/mol. The van der Waals surface area contributed by atoms with Crippen molar-refractivity contribution in [2.75, 3.05) is 25.7 Å². The van der Waals surface area contributed by atoms with Crippen molar-refractivity contribution in [3.63, 3.8) is 0 Å². The van der Waals surface area contributed by atoms with Gasteiger partial charge in [0.1, 0.15) is 5.75 Å². The second kappa shape index (κ2) is 5.08. The van der Waals surface area contributed by atoms with Gasteiger partial charge in [-0.25, -0.2) is 0 Å². The number of hydrogen-bond acceptors (Lipinski definition) is 4. The fourth-order valence-electron chi connectivity index (χ4n) is 1.83. The third kappa shape index (κ3) is 2.45. The van der Waals surface area contributed by atoms with E-state index < -0.39 is 0 Å². The van der Waals surface area contributed by atoms with Gasteiger partial charge in [-0.05, 0) is 24.1 Å². The first-order valence-corrected chi connectivity index (χ1v) is 5.71. The second-order valence-electron chi connectivity index (χ2n) is 4.12. The number of methoxy groups -OCH3 is 1. The molecule has 96 valence electrons. The van der Waals surface area contributed by atoms with Crippen LogP contribution in [0.1, 0.15) is 12.0 Å². The van der Waals surface area contributed by atoms with E-state index >= 15 is 0 Å². The zero-order valence-corrected chi connectivity index (χ0v) is 10.4. The average molecular weight is 249 g/mol. The van der Waals surface area contributed by atoms with Crippen LogP contribution in [0.4, 0.5) is 5.69 Å². The Morgan fingerprint density at radius 2 is 2.28 bits per heavy atom. The molecule has 1 heterocycles. The summed E-state index contributed by atoms with van der Waals surface area (Å²) in [6.07, 6.45) is 0.936. The molecule has 0 saturated heterocycles. The molecule has 0 fully saturated rings. The van der Waals surface area contributed by atoms with Gasteiger partial charge in [0.25, 0.3) is 5.91 Å². The highest BCUT2D eigenvalue weighted by Gasteiger charge is 2.22. The van der Waals surface area contributed by atoms with E-state index in [1.807, 2.05) is 18.2 Å². The Morgan fingerprint density at radius 3 is 3.00 bits per heavy atom. The Kier molecular flexibility index (Phi) is 3.50. The van der Waals surface area contributed by atoms with E-state index in [9.17, 15) is 9.59 Å². The van der Waals surface area contributed by atoms with Crippen LogP contribution in [0.15, 0.2) is 18.2 Å². The van der Waals surface area contributed by atoms with Crippen molar-refractivity contribution in [2.45, 2.75) is 12.8 Å². The number of esters is 1. The number of carbonyl (C=O) groups excluding carboxylic acids is 2. The minimum atomic E-state index is -0.235. The lowest BCUT2D eigenvalue weighted by Crippen LogP contribution is -2.35. The molecule has 5 heteroatoms. The van der Waals surface area contributed by atoms with Crippen molar-refractivity contribution in [3.05, 3.63) is 23.8 Å². The molecule has 0 saturated carbocycles. The van der Waals surface area contributed by atoms with Crippen molar-refractivity contribution in [3.8, 4) is 5.75 Å². The number of anilines is 1. The van der Waals surface area contributed by atoms with E-state index in [4.69, 9.17) is 4.74 Å². The lowest BCUT2D eigenvalue weighted by atomic mass is 10.1. The molecule has 0 N–H and O–H groups in total. The van der Waals surface area contributed by atoms with E-state index in [0.717, 1.165) is 11.3 Å². The zero-order chi connectivity index (χ0) is 13.1. The summed E-state index contributed by atoms with van der Waals surface area (Å²) in [6, 6.07) is 5.58. The van der Waals surface area contributed by atoms with Gasteiger partial charge < -0.3 is 14.4 Å². The minimum absolute atomic E-state index is 0.0595. The van der Waals surface area contributed by atoms with E-state index in [1.165, 1.54) is 7.11 Å². The molecule has 0 aliphatic carbocycles. The van der Waals surface area contributed by atoms with Crippen LogP contribution < -0.4 is 9.64 Å². The predicted molar refractivity (Wildman–Crippen MR) is 65.7 cm³/mol. The van der Waals surface area contributed by atoms with Gasteiger partial charge >= 0.3 is 5.97 Å². The maximum Gasteiger partial charge on any atom is 0.305 e. The molecule has 0 bridgehead atoms. The molecule has 5 nitrogen and oxygen atoms in total. The number of fused-ring (bicyclic) bond motifs is 1. The Balaban J connectivity index is 2.13. The van der Waals surface area contributed by atoms with Gasteiger partial charge in [0.05, 0.1) is 12.8 Å². The van der Waals surface area contributed by atoms with E-state index in [0.29, 0.717) is 18.6 Å². The largest absolute Gasteiger partial charge is 0.482 e. The molecular formula is C13H15NO4. The molecule has 0 radical (unpaired) electrons. The van der Waals surface area contributed by atoms with Crippen LogP contribution >= 0.6 is 0 Å². The molecule has 0 atom stereocenters. The molecule has 18 heavy (non-hydrogen) atoms. The Morgan fingerprint density at radius 1 is 1.50 bits per heavy atom. The summed E-state index contributed by atoms with van der Waals surface area (Å²) < 4.78 is 9.97. The van der Waals surface area contributed by atoms with Gasteiger partial charge in [-0.3, -0.25) is 9.59 Å². The molecule has 1 aromatic rings. The van der Waals surface area contributed by atoms with Crippen LogP contribution in [0.5, 0.6) is 5.75 Å². The van der Waals surface area contributed by atoms with E-state index in [-0.39, 0.29) is 18.5 Å². The van der Waals surface area contributed by atoms with Crippen LogP contribution in [0.25, 0.3) is 0 Å². The zero-order valence-electron chi connectivity index (χ0n) is 10.4. The maximum atomic E-state index is 11.4. The summed E-state index contributed by atoms with van der Waals surface area (Å²) in [5, 5.41) is 0. The lowest BCUT2D eigenvalue weighted by Gasteiger charge is -2.26. The number of likely N-dealkylation sites (N-methyl/N-ethyl adjacent to an activating group) is 1. The lowest BCUT2D eigenvalue weighted by molar-refractivity contribution is -0.140. The van der Waals surface area contributed by atoms with Gasteiger partial charge in [-0.1, -0.05) is 6.07 Å². The topological polar surface area (TPSA) is 55.8 Å². The molecule has 0 aromatic heterocycles. The van der Waals surface area contributed by atoms with Crippen molar-refractivity contribution < 1.29 is 19.1 Å². The summed E-state index contributed by atoms with van der Waals surface area (Å²) in [6.45, 7) is 0.0595. The molecule has 1 aliphatic heterocycles. The molecule has 2 rings (SSSR count). The van der Waals surface area contributed by atoms with Crippen molar-refractivity contribution in [1.29, 1.82) is 0 Å². The number of aryl methyl sites for hydroxylation is 1. The van der Waals surface area contributed by atoms with Crippen molar-refractivity contribution in [2.24, 2.45) is 0 Å². The van der Waals surface area contributed by atoms with E-state index in [1.54, 1.807) is 11.9 Å². The molecule has 0 spiro atoms. The smallest absolute Gasteiger partial charge is 0.305 e. The van der Waals surface area contributed by atoms with Crippen LogP contribution in [0, 0.1) is 0 Å².